The number of rotatable bonds is 3. The molecular weight excluding hydrogens is 403 g/mol. The van der Waals surface area contributed by atoms with Gasteiger partial charge in [0, 0.05) is 43.9 Å². The summed E-state index contributed by atoms with van der Waals surface area (Å²) in [5.74, 6) is -4.02. The number of hydrogen-bond donors (Lipinski definition) is 2. The zero-order chi connectivity index (χ0) is 21.6. The van der Waals surface area contributed by atoms with Gasteiger partial charge in [-0.15, -0.1) is 0 Å². The summed E-state index contributed by atoms with van der Waals surface area (Å²) < 4.78 is 42.1. The molecule has 2 aliphatic heterocycles. The fourth-order valence-electron chi connectivity index (χ4n) is 3.88. The molecule has 1 aromatic carbocycles. The predicted octanol–water partition coefficient (Wildman–Crippen LogP) is 1.89. The van der Waals surface area contributed by atoms with Crippen molar-refractivity contribution in [3.8, 4) is 5.75 Å². The Morgan fingerprint density at radius 1 is 1.27 bits per heavy atom. The third kappa shape index (κ3) is 3.42. The van der Waals surface area contributed by atoms with Crippen molar-refractivity contribution in [2.24, 2.45) is 0 Å². The average molecular weight is 421 g/mol. The first kappa shape index (κ1) is 20.0. The van der Waals surface area contributed by atoms with E-state index in [4.69, 9.17) is 0 Å². The van der Waals surface area contributed by atoms with Crippen LogP contribution in [0.5, 0.6) is 5.75 Å². The number of nitrogens with one attached hydrogen (secondary N) is 1. The molecular formula is C20H18F3N3O4. The molecule has 158 valence electrons. The molecule has 7 nitrogen and oxygen atoms in total. The lowest BCUT2D eigenvalue weighted by Gasteiger charge is -2.34. The Kier molecular flexibility index (Phi) is 5.00. The van der Waals surface area contributed by atoms with Gasteiger partial charge in [-0.1, -0.05) is 6.07 Å². The van der Waals surface area contributed by atoms with Gasteiger partial charge < -0.3 is 19.9 Å². The van der Waals surface area contributed by atoms with Gasteiger partial charge in [-0.2, -0.15) is 0 Å². The molecule has 4 rings (SSSR count). The minimum atomic E-state index is -1.17. The summed E-state index contributed by atoms with van der Waals surface area (Å²) in [6, 6.07) is 2.31. The maximum atomic E-state index is 14.1. The van der Waals surface area contributed by atoms with Crippen molar-refractivity contribution >= 4 is 11.8 Å². The molecule has 1 unspecified atom stereocenters. The second-order valence-electron chi connectivity index (χ2n) is 7.42. The number of hydrogen-bond acceptors (Lipinski definition) is 4. The van der Waals surface area contributed by atoms with Crippen LogP contribution in [0.2, 0.25) is 0 Å². The van der Waals surface area contributed by atoms with E-state index in [2.05, 4.69) is 5.32 Å². The lowest BCUT2D eigenvalue weighted by Crippen LogP contribution is -2.44. The maximum absolute atomic E-state index is 14.1. The molecule has 10 heteroatoms. The van der Waals surface area contributed by atoms with Gasteiger partial charge in [0.2, 0.25) is 5.43 Å². The Balaban J connectivity index is 1.67. The fourth-order valence-corrected chi connectivity index (χ4v) is 3.88. The van der Waals surface area contributed by atoms with Crippen LogP contribution >= 0.6 is 0 Å². The molecule has 0 radical (unpaired) electrons. The molecule has 0 spiro atoms. The summed E-state index contributed by atoms with van der Waals surface area (Å²) in [7, 11) is 0. The zero-order valence-electron chi connectivity index (χ0n) is 15.7. The van der Waals surface area contributed by atoms with Crippen molar-refractivity contribution in [1.29, 1.82) is 0 Å². The van der Waals surface area contributed by atoms with Gasteiger partial charge in [-0.25, -0.2) is 13.2 Å². The van der Waals surface area contributed by atoms with Crippen LogP contribution in [0.25, 0.3) is 0 Å². The zero-order valence-corrected chi connectivity index (χ0v) is 15.7. The molecule has 2 atom stereocenters. The average Bonchev–Trinajstić information content (AvgIpc) is 2.87. The third-order valence-electron chi connectivity index (χ3n) is 5.46. The Bertz CT molecular complexity index is 1100. The third-order valence-corrected chi connectivity index (χ3v) is 5.46. The molecule has 1 saturated heterocycles. The molecule has 2 bridgehead atoms. The lowest BCUT2D eigenvalue weighted by atomic mass is 10.0. The number of alkyl halides is 1. The predicted molar refractivity (Wildman–Crippen MR) is 99.0 cm³/mol. The summed E-state index contributed by atoms with van der Waals surface area (Å²) in [4.78, 5) is 39.1. The van der Waals surface area contributed by atoms with Gasteiger partial charge in [0.25, 0.3) is 11.8 Å². The number of carbonyl (C=O) groups excluding carboxylic acids is 2. The summed E-state index contributed by atoms with van der Waals surface area (Å²) in [6.07, 6.45) is 0.185. The monoisotopic (exact) mass is 421 g/mol. The van der Waals surface area contributed by atoms with E-state index in [1.165, 1.54) is 9.47 Å². The molecule has 0 aliphatic carbocycles. The van der Waals surface area contributed by atoms with E-state index in [-0.39, 0.29) is 43.7 Å². The van der Waals surface area contributed by atoms with Crippen molar-refractivity contribution in [3.63, 3.8) is 0 Å². The number of carbonyl (C=O) groups is 2. The van der Waals surface area contributed by atoms with Crippen LogP contribution in [0, 0.1) is 11.6 Å². The molecule has 1 aromatic heterocycles. The highest BCUT2D eigenvalue weighted by Gasteiger charge is 2.38. The van der Waals surface area contributed by atoms with Gasteiger partial charge in [0.15, 0.2) is 11.4 Å². The van der Waals surface area contributed by atoms with E-state index in [0.717, 1.165) is 18.3 Å². The van der Waals surface area contributed by atoms with Crippen LogP contribution in [-0.4, -0.2) is 45.6 Å². The molecule has 30 heavy (non-hydrogen) atoms. The van der Waals surface area contributed by atoms with Crippen molar-refractivity contribution in [3.05, 3.63) is 63.1 Å². The minimum absolute atomic E-state index is 0.00175. The summed E-state index contributed by atoms with van der Waals surface area (Å²) >= 11 is 0. The summed E-state index contributed by atoms with van der Waals surface area (Å²) in [6.45, 7) is 0.0571. The normalized spacial score (nSPS) is 20.5. The van der Waals surface area contributed by atoms with Gasteiger partial charge in [0.05, 0.1) is 6.04 Å². The second kappa shape index (κ2) is 7.51. The van der Waals surface area contributed by atoms with Crippen LogP contribution < -0.4 is 10.7 Å². The van der Waals surface area contributed by atoms with Crippen LogP contribution in [-0.2, 0) is 6.54 Å². The van der Waals surface area contributed by atoms with Crippen molar-refractivity contribution in [2.75, 3.05) is 13.1 Å². The first-order valence-corrected chi connectivity index (χ1v) is 9.40. The van der Waals surface area contributed by atoms with Gasteiger partial charge in [-0.05, 0) is 12.5 Å². The number of aromatic hydroxyl groups is 1. The van der Waals surface area contributed by atoms with Gasteiger partial charge in [0.1, 0.15) is 23.4 Å². The number of nitrogens with zero attached hydrogens (tertiary/aromatic N) is 2. The van der Waals surface area contributed by atoms with E-state index in [1.54, 1.807) is 0 Å². The molecule has 1 fully saturated rings. The first-order chi connectivity index (χ1) is 14.3. The van der Waals surface area contributed by atoms with Crippen LogP contribution in [0.1, 0.15) is 45.3 Å². The van der Waals surface area contributed by atoms with E-state index in [0.29, 0.717) is 6.07 Å². The molecule has 0 saturated carbocycles. The van der Waals surface area contributed by atoms with E-state index >= 15 is 0 Å². The standard InChI is InChI=1S/C20H18F3N3O4/c21-11-2-1-10(15(23)6-11)7-24-19(29)14-9-26-13-5-12(22)3-4-25(8-13)20(30)16(26)18(28)17(14)27/h1-2,6,9,12-13,28H,3-5,7-8H2,(H,24,29)/t12?,13-/m1/s1. The number of aromatic nitrogens is 1. The molecule has 2 amide bonds. The van der Waals surface area contributed by atoms with Crippen molar-refractivity contribution in [2.45, 2.75) is 31.6 Å². The molecule has 2 N–H and O–H groups in total. The highest BCUT2D eigenvalue weighted by molar-refractivity contribution is 5.99. The van der Waals surface area contributed by atoms with Crippen LogP contribution in [0.15, 0.2) is 29.2 Å². The maximum Gasteiger partial charge on any atom is 0.274 e. The second-order valence-corrected chi connectivity index (χ2v) is 7.42. The highest BCUT2D eigenvalue weighted by Crippen LogP contribution is 2.32. The van der Waals surface area contributed by atoms with E-state index in [9.17, 15) is 32.7 Å². The highest BCUT2D eigenvalue weighted by atomic mass is 19.1. The van der Waals surface area contributed by atoms with Crippen molar-refractivity contribution < 1.29 is 27.9 Å². The molecule has 2 aliphatic rings. The number of amides is 2. The first-order valence-electron chi connectivity index (χ1n) is 9.40. The minimum Gasteiger partial charge on any atom is -0.503 e. The van der Waals surface area contributed by atoms with E-state index < -0.39 is 52.4 Å². The Morgan fingerprint density at radius 3 is 2.77 bits per heavy atom. The SMILES string of the molecule is O=C(NCc1ccc(F)cc1F)c1cn2c(c(O)c1=O)C(=O)N1CCC(F)C[C@@H]2C1. The number of fused-ring (bicyclic) bond motifs is 4. The van der Waals surface area contributed by atoms with E-state index in [1.807, 2.05) is 0 Å². The van der Waals surface area contributed by atoms with Crippen LogP contribution in [0.3, 0.4) is 0 Å². The lowest BCUT2D eigenvalue weighted by molar-refractivity contribution is 0.0677. The number of halogens is 3. The van der Waals surface area contributed by atoms with Gasteiger partial charge >= 0.3 is 0 Å². The summed E-state index contributed by atoms with van der Waals surface area (Å²) in [5.41, 5.74) is -1.78. The Morgan fingerprint density at radius 2 is 2.03 bits per heavy atom. The van der Waals surface area contributed by atoms with Crippen molar-refractivity contribution in [1.82, 2.24) is 14.8 Å². The summed E-state index contributed by atoms with van der Waals surface area (Å²) in [5, 5.41) is 12.7. The smallest absolute Gasteiger partial charge is 0.274 e. The quantitative estimate of drug-likeness (QED) is 0.792. The Labute approximate surface area is 168 Å². The fraction of sp³-hybridized carbons (Fsp3) is 0.350. The molecule has 2 aromatic rings. The topological polar surface area (TPSA) is 91.6 Å². The van der Waals surface area contributed by atoms with Crippen LogP contribution in [0.4, 0.5) is 13.2 Å². The Hall–Kier alpha value is -3.30. The molecule has 3 heterocycles. The largest absolute Gasteiger partial charge is 0.503 e. The number of benzene rings is 1. The van der Waals surface area contributed by atoms with Gasteiger partial charge in [-0.3, -0.25) is 14.4 Å². The number of pyridine rings is 1.